The van der Waals surface area contributed by atoms with Gasteiger partial charge >= 0.3 is 0 Å². The second-order valence-corrected chi connectivity index (χ2v) is 7.50. The van der Waals surface area contributed by atoms with Crippen LogP contribution in [0.25, 0.3) is 0 Å². The molecule has 5 heteroatoms. The number of carbonyl (C=O) groups is 2. The molecule has 3 rings (SSSR count). The third-order valence-corrected chi connectivity index (χ3v) is 5.66. The molecular weight excluding hydrogens is 319 g/mol. The Morgan fingerprint density at radius 3 is 2.56 bits per heavy atom. The number of carbonyl (C=O) groups excluding carboxylic acids is 2. The molecule has 0 aromatic heterocycles. The van der Waals surface area contributed by atoms with Crippen LogP contribution in [0.5, 0.6) is 0 Å². The van der Waals surface area contributed by atoms with Crippen LogP contribution in [0.1, 0.15) is 57.4 Å². The van der Waals surface area contributed by atoms with E-state index in [4.69, 9.17) is 0 Å². The van der Waals surface area contributed by atoms with Crippen molar-refractivity contribution in [1.82, 2.24) is 10.2 Å². The van der Waals surface area contributed by atoms with Crippen molar-refractivity contribution in [3.63, 3.8) is 0 Å². The van der Waals surface area contributed by atoms with Gasteiger partial charge in [0.15, 0.2) is 0 Å². The van der Waals surface area contributed by atoms with Crippen molar-refractivity contribution in [3.8, 4) is 0 Å². The van der Waals surface area contributed by atoms with Gasteiger partial charge in [-0.05, 0) is 56.7 Å². The molecule has 1 aliphatic heterocycles. The standard InChI is InChI=1S/C20H27FN2O2/c1-20(19(25)22-17-5-2-3-6-17)13-4-14-23(20)18(24)12-9-15-7-10-16(21)11-8-15/h7-8,10-11,17H,2-6,9,12-14H2,1H3,(H,22,25)/t20-/m1/s1. The summed E-state index contributed by atoms with van der Waals surface area (Å²) >= 11 is 0. The Hall–Kier alpha value is -1.91. The van der Waals surface area contributed by atoms with Crippen LogP contribution in [0.15, 0.2) is 24.3 Å². The van der Waals surface area contributed by atoms with E-state index in [1.165, 1.54) is 25.0 Å². The number of nitrogens with zero attached hydrogens (tertiary/aromatic N) is 1. The van der Waals surface area contributed by atoms with Crippen molar-refractivity contribution in [1.29, 1.82) is 0 Å². The van der Waals surface area contributed by atoms with Crippen molar-refractivity contribution in [2.45, 2.75) is 69.9 Å². The minimum absolute atomic E-state index is 0.00546. The second kappa shape index (κ2) is 7.54. The highest BCUT2D eigenvalue weighted by atomic mass is 19.1. The highest BCUT2D eigenvalue weighted by Crippen LogP contribution is 2.31. The molecule has 2 fully saturated rings. The van der Waals surface area contributed by atoms with Crippen LogP contribution in [0.3, 0.4) is 0 Å². The molecule has 0 bridgehead atoms. The number of halogens is 1. The van der Waals surface area contributed by atoms with Gasteiger partial charge in [0.25, 0.3) is 0 Å². The fourth-order valence-corrected chi connectivity index (χ4v) is 4.05. The summed E-state index contributed by atoms with van der Waals surface area (Å²) in [7, 11) is 0. The second-order valence-electron chi connectivity index (χ2n) is 7.50. The van der Waals surface area contributed by atoms with E-state index < -0.39 is 5.54 Å². The first kappa shape index (κ1) is 17.9. The van der Waals surface area contributed by atoms with Crippen LogP contribution in [-0.2, 0) is 16.0 Å². The van der Waals surface area contributed by atoms with Gasteiger partial charge in [-0.25, -0.2) is 4.39 Å². The van der Waals surface area contributed by atoms with E-state index >= 15 is 0 Å². The number of likely N-dealkylation sites (tertiary alicyclic amines) is 1. The molecule has 0 unspecified atom stereocenters. The molecule has 136 valence electrons. The van der Waals surface area contributed by atoms with Crippen LogP contribution in [-0.4, -0.2) is 34.8 Å². The van der Waals surface area contributed by atoms with Crippen LogP contribution in [0.4, 0.5) is 4.39 Å². The summed E-state index contributed by atoms with van der Waals surface area (Å²) in [4.78, 5) is 27.3. The molecular formula is C20H27FN2O2. The Labute approximate surface area is 148 Å². The molecule has 2 aliphatic rings. The van der Waals surface area contributed by atoms with E-state index in [1.54, 1.807) is 17.0 Å². The third-order valence-electron chi connectivity index (χ3n) is 5.66. The van der Waals surface area contributed by atoms with Gasteiger partial charge in [-0.15, -0.1) is 0 Å². The van der Waals surface area contributed by atoms with Crippen molar-refractivity contribution in [2.24, 2.45) is 0 Å². The summed E-state index contributed by atoms with van der Waals surface area (Å²) in [5.74, 6) is -0.274. The lowest BCUT2D eigenvalue weighted by Gasteiger charge is -2.35. The number of hydrogen-bond donors (Lipinski definition) is 1. The number of hydrogen-bond acceptors (Lipinski definition) is 2. The minimum atomic E-state index is -0.734. The van der Waals surface area contributed by atoms with E-state index in [9.17, 15) is 14.0 Å². The summed E-state index contributed by atoms with van der Waals surface area (Å²) in [6.45, 7) is 2.52. The number of benzene rings is 1. The smallest absolute Gasteiger partial charge is 0.245 e. The van der Waals surface area contributed by atoms with Crippen LogP contribution in [0.2, 0.25) is 0 Å². The highest BCUT2D eigenvalue weighted by molar-refractivity contribution is 5.92. The lowest BCUT2D eigenvalue weighted by molar-refractivity contribution is -0.144. The molecule has 1 N–H and O–H groups in total. The first-order valence-corrected chi connectivity index (χ1v) is 9.35. The zero-order valence-electron chi connectivity index (χ0n) is 14.9. The predicted molar refractivity (Wildman–Crippen MR) is 94.5 cm³/mol. The maximum Gasteiger partial charge on any atom is 0.245 e. The average molecular weight is 346 g/mol. The quantitative estimate of drug-likeness (QED) is 0.890. The first-order valence-electron chi connectivity index (χ1n) is 9.35. The molecule has 4 nitrogen and oxygen atoms in total. The highest BCUT2D eigenvalue weighted by Gasteiger charge is 2.45. The van der Waals surface area contributed by atoms with Gasteiger partial charge in [-0.1, -0.05) is 25.0 Å². The summed E-state index contributed by atoms with van der Waals surface area (Å²) in [6.07, 6.45) is 6.91. The third kappa shape index (κ3) is 4.02. The summed E-state index contributed by atoms with van der Waals surface area (Å²) < 4.78 is 13.0. The van der Waals surface area contributed by atoms with Gasteiger partial charge in [0.1, 0.15) is 11.4 Å². The summed E-state index contributed by atoms with van der Waals surface area (Å²) in [6, 6.07) is 6.50. The number of nitrogens with one attached hydrogen (secondary N) is 1. The van der Waals surface area contributed by atoms with Crippen molar-refractivity contribution in [3.05, 3.63) is 35.6 Å². The van der Waals surface area contributed by atoms with Gasteiger partial charge in [-0.3, -0.25) is 9.59 Å². The lowest BCUT2D eigenvalue weighted by Crippen LogP contribution is -2.57. The zero-order chi connectivity index (χ0) is 17.9. The average Bonchev–Trinajstić information content (AvgIpc) is 3.24. The lowest BCUT2D eigenvalue weighted by atomic mass is 9.96. The molecule has 0 radical (unpaired) electrons. The number of rotatable bonds is 5. The molecule has 2 amide bonds. The molecule has 1 saturated carbocycles. The van der Waals surface area contributed by atoms with Gasteiger partial charge in [0.2, 0.25) is 11.8 Å². The van der Waals surface area contributed by atoms with E-state index in [2.05, 4.69) is 5.32 Å². The SMILES string of the molecule is C[C@]1(C(=O)NC2CCCC2)CCCN1C(=O)CCc1ccc(F)cc1. The fourth-order valence-electron chi connectivity index (χ4n) is 4.05. The Morgan fingerprint density at radius 2 is 1.88 bits per heavy atom. The fraction of sp³-hybridized carbons (Fsp3) is 0.600. The van der Waals surface area contributed by atoms with E-state index in [0.29, 0.717) is 25.8 Å². The van der Waals surface area contributed by atoms with E-state index in [-0.39, 0.29) is 23.7 Å². The van der Waals surface area contributed by atoms with Gasteiger partial charge in [0.05, 0.1) is 0 Å². The Morgan fingerprint density at radius 1 is 1.20 bits per heavy atom. The summed E-state index contributed by atoms with van der Waals surface area (Å²) in [5.41, 5.74) is 0.203. The molecule has 1 aromatic rings. The molecule has 25 heavy (non-hydrogen) atoms. The van der Waals surface area contributed by atoms with Gasteiger partial charge in [0, 0.05) is 19.0 Å². The first-order chi connectivity index (χ1) is 12.0. The van der Waals surface area contributed by atoms with Crippen molar-refractivity contribution in [2.75, 3.05) is 6.54 Å². The molecule has 1 aliphatic carbocycles. The molecule has 1 heterocycles. The maximum atomic E-state index is 13.0. The largest absolute Gasteiger partial charge is 0.351 e. The van der Waals surface area contributed by atoms with Crippen LogP contribution < -0.4 is 5.32 Å². The molecule has 1 atom stereocenters. The molecule has 1 saturated heterocycles. The maximum absolute atomic E-state index is 13.0. The Kier molecular flexibility index (Phi) is 5.40. The molecule has 1 aromatic carbocycles. The van der Waals surface area contributed by atoms with Crippen molar-refractivity contribution < 1.29 is 14.0 Å². The Bertz CT molecular complexity index is 625. The van der Waals surface area contributed by atoms with Gasteiger partial charge in [-0.2, -0.15) is 0 Å². The van der Waals surface area contributed by atoms with Crippen molar-refractivity contribution >= 4 is 11.8 Å². The van der Waals surface area contributed by atoms with Gasteiger partial charge < -0.3 is 10.2 Å². The summed E-state index contributed by atoms with van der Waals surface area (Å²) in [5, 5.41) is 3.15. The molecule has 0 spiro atoms. The monoisotopic (exact) mass is 346 g/mol. The topological polar surface area (TPSA) is 49.4 Å². The normalized spacial score (nSPS) is 23.8. The Balaban J connectivity index is 1.59. The van der Waals surface area contributed by atoms with E-state index in [0.717, 1.165) is 24.8 Å². The van der Waals surface area contributed by atoms with E-state index in [1.807, 2.05) is 6.92 Å². The zero-order valence-corrected chi connectivity index (χ0v) is 14.9. The predicted octanol–water partition coefficient (Wildman–Crippen LogP) is 3.20. The number of amides is 2. The van der Waals surface area contributed by atoms with Crippen LogP contribution in [0, 0.1) is 5.82 Å². The minimum Gasteiger partial charge on any atom is -0.351 e. The number of aryl methyl sites for hydroxylation is 1. The van der Waals surface area contributed by atoms with Crippen LogP contribution >= 0.6 is 0 Å².